The number of hydrogen-bond acceptors (Lipinski definition) is 5. The van der Waals surface area contributed by atoms with Crippen molar-refractivity contribution < 1.29 is 24.1 Å². The summed E-state index contributed by atoms with van der Waals surface area (Å²) in [6.45, 7) is 0. The lowest BCUT2D eigenvalue weighted by Crippen LogP contribution is -2.08. The highest BCUT2D eigenvalue weighted by molar-refractivity contribution is 5.71. The van der Waals surface area contributed by atoms with Gasteiger partial charge in [-0.2, -0.15) is 0 Å². The normalized spacial score (nSPS) is 18.7. The van der Waals surface area contributed by atoms with Gasteiger partial charge in [-0.1, -0.05) is 36.4 Å². The van der Waals surface area contributed by atoms with Gasteiger partial charge in [-0.05, 0) is 36.6 Å². The maximum atomic E-state index is 10.6. The predicted octanol–water partition coefficient (Wildman–Crippen LogP) is 4.73. The van der Waals surface area contributed by atoms with E-state index in [1.807, 2.05) is 48.6 Å². The van der Waals surface area contributed by atoms with E-state index in [2.05, 4.69) is 0 Å². The van der Waals surface area contributed by atoms with Gasteiger partial charge in [-0.15, -0.1) is 0 Å². The Balaban J connectivity index is 2.11. The van der Waals surface area contributed by atoms with Gasteiger partial charge in [-0.3, -0.25) is 0 Å². The lowest BCUT2D eigenvalue weighted by atomic mass is 10.1. The first kappa shape index (κ1) is 18.9. The van der Waals surface area contributed by atoms with Crippen molar-refractivity contribution in [3.8, 4) is 28.7 Å². The van der Waals surface area contributed by atoms with Crippen molar-refractivity contribution in [3.63, 3.8) is 0 Å². The van der Waals surface area contributed by atoms with Crippen LogP contribution in [0.25, 0.3) is 6.08 Å². The lowest BCUT2D eigenvalue weighted by Gasteiger charge is -2.16. The molecule has 0 radical (unpaired) electrons. The highest BCUT2D eigenvalue weighted by atomic mass is 16.5. The molecular weight excluding hydrogens is 344 g/mol. The van der Waals surface area contributed by atoms with Crippen LogP contribution in [0.4, 0.5) is 0 Å². The maximum absolute atomic E-state index is 10.6. The molecule has 0 saturated carbocycles. The topological polar surface area (TPSA) is 57.2 Å². The molecule has 2 aromatic rings. The highest BCUT2D eigenvalue weighted by Crippen LogP contribution is 2.47. The third-order valence-electron chi connectivity index (χ3n) is 4.50. The Morgan fingerprint density at radius 1 is 1.00 bits per heavy atom. The van der Waals surface area contributed by atoms with Crippen molar-refractivity contribution in [1.29, 1.82) is 0 Å². The smallest absolute Gasteiger partial charge is 0.207 e. The zero-order valence-electron chi connectivity index (χ0n) is 15.8. The van der Waals surface area contributed by atoms with Crippen LogP contribution in [-0.2, 0) is 11.2 Å². The van der Waals surface area contributed by atoms with Crippen LogP contribution in [0, 0.1) is 0 Å². The SMILES string of the molecule is COc1c2cc(c(OC)c1O)Oc1ccc(cc1)CCC(OC)/C=C/C=C\2. The Morgan fingerprint density at radius 3 is 2.41 bits per heavy atom. The molecule has 0 spiro atoms. The fraction of sp³-hybridized carbons (Fsp3) is 0.273. The number of fused-ring (bicyclic) bond motifs is 6. The molecule has 4 bridgehead atoms. The number of phenols is 1. The largest absolute Gasteiger partial charge is 0.502 e. The molecule has 0 saturated heterocycles. The van der Waals surface area contributed by atoms with E-state index in [0.717, 1.165) is 12.8 Å². The molecule has 142 valence electrons. The molecule has 2 aliphatic heterocycles. The summed E-state index contributed by atoms with van der Waals surface area (Å²) >= 11 is 0. The molecule has 5 nitrogen and oxygen atoms in total. The fourth-order valence-electron chi connectivity index (χ4n) is 3.04. The van der Waals surface area contributed by atoms with Gasteiger partial charge in [0.15, 0.2) is 11.5 Å². The minimum absolute atomic E-state index is 0.0254. The van der Waals surface area contributed by atoms with Gasteiger partial charge in [-0.25, -0.2) is 0 Å². The van der Waals surface area contributed by atoms with Gasteiger partial charge in [0.05, 0.1) is 20.3 Å². The molecule has 1 unspecified atom stereocenters. The molecule has 0 amide bonds. The van der Waals surface area contributed by atoms with E-state index in [1.165, 1.54) is 19.8 Å². The molecule has 2 aliphatic rings. The summed E-state index contributed by atoms with van der Waals surface area (Å²) in [6.07, 6.45) is 9.47. The summed E-state index contributed by atoms with van der Waals surface area (Å²) in [5, 5.41) is 10.6. The summed E-state index contributed by atoms with van der Waals surface area (Å²) in [6, 6.07) is 9.65. The zero-order valence-corrected chi connectivity index (χ0v) is 15.8. The van der Waals surface area contributed by atoms with Gasteiger partial charge in [0, 0.05) is 12.7 Å². The van der Waals surface area contributed by atoms with Crippen LogP contribution >= 0.6 is 0 Å². The second-order valence-corrected chi connectivity index (χ2v) is 6.18. The highest BCUT2D eigenvalue weighted by Gasteiger charge is 2.20. The van der Waals surface area contributed by atoms with Crippen LogP contribution < -0.4 is 14.2 Å². The summed E-state index contributed by atoms with van der Waals surface area (Å²) in [5.74, 6) is 1.53. The minimum atomic E-state index is -0.100. The Bertz CT molecular complexity index is 837. The van der Waals surface area contributed by atoms with Crippen LogP contribution in [0.5, 0.6) is 28.7 Å². The predicted molar refractivity (Wildman–Crippen MR) is 105 cm³/mol. The third kappa shape index (κ3) is 4.26. The number of ether oxygens (including phenoxy) is 4. The van der Waals surface area contributed by atoms with Crippen molar-refractivity contribution in [2.45, 2.75) is 18.9 Å². The number of aromatic hydroxyl groups is 1. The number of hydrogen-bond donors (Lipinski definition) is 1. The summed E-state index contributed by atoms with van der Waals surface area (Å²) in [7, 11) is 4.70. The molecule has 2 heterocycles. The molecule has 2 aromatic carbocycles. The molecular formula is C22H24O5. The summed E-state index contributed by atoms with van der Waals surface area (Å²) in [4.78, 5) is 0. The molecule has 0 aliphatic carbocycles. The van der Waals surface area contributed by atoms with Crippen molar-refractivity contribution in [1.82, 2.24) is 0 Å². The number of aryl methyl sites for hydroxylation is 1. The molecule has 27 heavy (non-hydrogen) atoms. The van der Waals surface area contributed by atoms with Crippen molar-refractivity contribution >= 4 is 6.08 Å². The van der Waals surface area contributed by atoms with Crippen molar-refractivity contribution in [3.05, 3.63) is 59.7 Å². The number of benzene rings is 2. The van der Waals surface area contributed by atoms with Crippen LogP contribution in [0.1, 0.15) is 17.5 Å². The molecule has 0 aromatic heterocycles. The molecule has 4 rings (SSSR count). The minimum Gasteiger partial charge on any atom is -0.502 e. The molecule has 5 heteroatoms. The number of methoxy groups -OCH3 is 3. The van der Waals surface area contributed by atoms with E-state index in [1.54, 1.807) is 13.2 Å². The number of phenolic OH excluding ortho intramolecular Hbond substituents is 1. The zero-order chi connectivity index (χ0) is 19.2. The van der Waals surface area contributed by atoms with E-state index in [4.69, 9.17) is 18.9 Å². The molecule has 1 N–H and O–H groups in total. The van der Waals surface area contributed by atoms with Crippen LogP contribution in [0.2, 0.25) is 0 Å². The Hall–Kier alpha value is -2.92. The van der Waals surface area contributed by atoms with Crippen LogP contribution in [0.15, 0.2) is 48.6 Å². The van der Waals surface area contributed by atoms with Gasteiger partial charge in [0.2, 0.25) is 11.5 Å². The molecule has 0 fully saturated rings. The van der Waals surface area contributed by atoms with Gasteiger partial charge >= 0.3 is 0 Å². The summed E-state index contributed by atoms with van der Waals surface area (Å²) in [5.41, 5.74) is 1.88. The van der Waals surface area contributed by atoms with Crippen molar-refractivity contribution in [2.75, 3.05) is 21.3 Å². The first-order valence-electron chi connectivity index (χ1n) is 8.78. The fourth-order valence-corrected chi connectivity index (χ4v) is 3.04. The van der Waals surface area contributed by atoms with Gasteiger partial charge < -0.3 is 24.1 Å². The lowest BCUT2D eigenvalue weighted by molar-refractivity contribution is 0.134. The first-order chi connectivity index (χ1) is 13.2. The van der Waals surface area contributed by atoms with Crippen molar-refractivity contribution in [2.24, 2.45) is 0 Å². The third-order valence-corrected chi connectivity index (χ3v) is 4.50. The van der Waals surface area contributed by atoms with E-state index in [-0.39, 0.29) is 17.6 Å². The van der Waals surface area contributed by atoms with E-state index in [0.29, 0.717) is 22.8 Å². The second kappa shape index (κ2) is 8.64. The average Bonchev–Trinajstić information content (AvgIpc) is 2.69. The Labute approximate surface area is 159 Å². The monoisotopic (exact) mass is 368 g/mol. The summed E-state index contributed by atoms with van der Waals surface area (Å²) < 4.78 is 22.2. The second-order valence-electron chi connectivity index (χ2n) is 6.18. The number of allylic oxidation sites excluding steroid dienone is 2. The van der Waals surface area contributed by atoms with E-state index < -0.39 is 0 Å². The number of rotatable bonds is 3. The van der Waals surface area contributed by atoms with E-state index in [9.17, 15) is 5.11 Å². The van der Waals surface area contributed by atoms with Crippen LogP contribution in [0.3, 0.4) is 0 Å². The van der Waals surface area contributed by atoms with E-state index >= 15 is 0 Å². The van der Waals surface area contributed by atoms with Gasteiger partial charge in [0.1, 0.15) is 5.75 Å². The van der Waals surface area contributed by atoms with Gasteiger partial charge in [0.25, 0.3) is 0 Å². The quantitative estimate of drug-likeness (QED) is 0.849. The average molecular weight is 368 g/mol. The molecule has 1 atom stereocenters. The standard InChI is InChI=1S/C22H24O5/c1-24-17-7-5-4-6-16-14-19(22(26-3)20(23)21(16)25-2)27-18-12-9-15(8-11-17)10-13-18/h4-7,9-10,12-14,17,23H,8,11H2,1-3H3/b6-4-,7-5+. The van der Waals surface area contributed by atoms with Crippen LogP contribution in [-0.4, -0.2) is 32.5 Å². The first-order valence-corrected chi connectivity index (χ1v) is 8.78. The Morgan fingerprint density at radius 2 is 1.74 bits per heavy atom. The maximum Gasteiger partial charge on any atom is 0.207 e. The Kier molecular flexibility index (Phi) is 6.04.